The van der Waals surface area contributed by atoms with E-state index in [4.69, 9.17) is 10.5 Å². The summed E-state index contributed by atoms with van der Waals surface area (Å²) in [6.45, 7) is 0.130. The summed E-state index contributed by atoms with van der Waals surface area (Å²) in [6, 6.07) is 2.50. The van der Waals surface area contributed by atoms with Gasteiger partial charge in [0.25, 0.3) is 5.91 Å². The lowest BCUT2D eigenvalue weighted by Gasteiger charge is -2.39. The van der Waals surface area contributed by atoms with Crippen LogP contribution in [0.15, 0.2) is 18.5 Å². The largest absolute Gasteiger partial charge is 0.381 e. The standard InChI is InChI=1S/C18H23N5O3/c1-26-9-15(24)23-11-2-3-12(23)7-10(6-11)22-16-13-4-5-20-18(13)21-8-14(16)17(19)25/h4-5,8,10-12H,2-3,6-7,9H2,1H3,(H2,19,25)(H2,20,21,22)/t10-,11-,12+. The van der Waals surface area contributed by atoms with Gasteiger partial charge in [-0.25, -0.2) is 4.98 Å². The number of nitrogens with two attached hydrogens (primary N) is 1. The van der Waals surface area contributed by atoms with Gasteiger partial charge in [0.1, 0.15) is 12.3 Å². The number of anilines is 1. The molecule has 2 aromatic rings. The minimum Gasteiger partial charge on any atom is -0.381 e. The lowest BCUT2D eigenvalue weighted by Crippen LogP contribution is -2.50. The normalized spacial score (nSPS) is 24.8. The zero-order chi connectivity index (χ0) is 18.3. The maximum absolute atomic E-state index is 12.3. The van der Waals surface area contributed by atoms with Crippen LogP contribution >= 0.6 is 0 Å². The molecule has 138 valence electrons. The Bertz CT molecular complexity index is 834. The van der Waals surface area contributed by atoms with Crippen LogP contribution in [0.2, 0.25) is 0 Å². The molecule has 0 aromatic carbocycles. The van der Waals surface area contributed by atoms with Crippen molar-refractivity contribution in [2.45, 2.75) is 43.8 Å². The van der Waals surface area contributed by atoms with Gasteiger partial charge in [0.2, 0.25) is 5.91 Å². The van der Waals surface area contributed by atoms with E-state index in [1.807, 2.05) is 11.0 Å². The lowest BCUT2D eigenvalue weighted by molar-refractivity contribution is -0.139. The highest BCUT2D eigenvalue weighted by Crippen LogP contribution is 2.38. The number of methoxy groups -OCH3 is 1. The van der Waals surface area contributed by atoms with E-state index >= 15 is 0 Å². The molecule has 0 aliphatic carbocycles. The Kier molecular flexibility index (Phi) is 4.28. The van der Waals surface area contributed by atoms with Crippen molar-refractivity contribution >= 4 is 28.5 Å². The first-order valence-corrected chi connectivity index (χ1v) is 8.91. The molecule has 4 heterocycles. The van der Waals surface area contributed by atoms with E-state index in [-0.39, 0.29) is 30.6 Å². The van der Waals surface area contributed by atoms with E-state index in [1.54, 1.807) is 13.3 Å². The van der Waals surface area contributed by atoms with Crippen molar-refractivity contribution in [1.82, 2.24) is 14.9 Å². The predicted molar refractivity (Wildman–Crippen MR) is 96.8 cm³/mol. The Balaban J connectivity index is 1.58. The molecule has 4 N–H and O–H groups in total. The molecule has 2 aromatic heterocycles. The second-order valence-electron chi connectivity index (χ2n) is 7.08. The summed E-state index contributed by atoms with van der Waals surface area (Å²) >= 11 is 0. The number of hydrogen-bond donors (Lipinski definition) is 3. The molecule has 26 heavy (non-hydrogen) atoms. The average Bonchev–Trinajstić information content (AvgIpc) is 3.18. The van der Waals surface area contributed by atoms with Gasteiger partial charge in [-0.15, -0.1) is 0 Å². The number of nitrogens with zero attached hydrogens (tertiary/aromatic N) is 2. The number of nitrogens with one attached hydrogen (secondary N) is 2. The van der Waals surface area contributed by atoms with Crippen molar-refractivity contribution in [3.05, 3.63) is 24.0 Å². The summed E-state index contributed by atoms with van der Waals surface area (Å²) in [5, 5.41) is 4.38. The van der Waals surface area contributed by atoms with E-state index in [0.717, 1.165) is 36.8 Å². The van der Waals surface area contributed by atoms with Crippen molar-refractivity contribution in [3.8, 4) is 0 Å². The highest BCUT2D eigenvalue weighted by molar-refractivity contribution is 6.06. The third-order valence-electron chi connectivity index (χ3n) is 5.49. The van der Waals surface area contributed by atoms with Crippen molar-refractivity contribution in [2.24, 2.45) is 5.73 Å². The van der Waals surface area contributed by atoms with Gasteiger partial charge in [0, 0.05) is 43.0 Å². The van der Waals surface area contributed by atoms with Crippen LogP contribution in [0.4, 0.5) is 5.69 Å². The van der Waals surface area contributed by atoms with Crippen LogP contribution in [0.25, 0.3) is 11.0 Å². The molecule has 0 unspecified atom stereocenters. The summed E-state index contributed by atoms with van der Waals surface area (Å²) < 4.78 is 5.02. The number of carbonyl (C=O) groups is 2. The average molecular weight is 357 g/mol. The summed E-state index contributed by atoms with van der Waals surface area (Å²) in [5.41, 5.74) is 7.38. The van der Waals surface area contributed by atoms with E-state index in [2.05, 4.69) is 15.3 Å². The van der Waals surface area contributed by atoms with Gasteiger partial charge in [0.05, 0.1) is 11.3 Å². The third-order valence-corrected chi connectivity index (χ3v) is 5.49. The Morgan fingerprint density at radius 3 is 2.77 bits per heavy atom. The molecule has 0 spiro atoms. The number of rotatable bonds is 5. The summed E-state index contributed by atoms with van der Waals surface area (Å²) in [6.07, 6.45) is 7.02. The molecule has 8 nitrogen and oxygen atoms in total. The summed E-state index contributed by atoms with van der Waals surface area (Å²) in [4.78, 5) is 33.5. The number of aromatic amines is 1. The first kappa shape index (κ1) is 16.8. The number of carbonyl (C=O) groups excluding carboxylic acids is 2. The van der Waals surface area contributed by atoms with Gasteiger partial charge in [-0.3, -0.25) is 9.59 Å². The van der Waals surface area contributed by atoms with Crippen molar-refractivity contribution < 1.29 is 14.3 Å². The van der Waals surface area contributed by atoms with Crippen LogP contribution in [0.3, 0.4) is 0 Å². The highest BCUT2D eigenvalue weighted by atomic mass is 16.5. The van der Waals surface area contributed by atoms with Gasteiger partial charge in [-0.2, -0.15) is 0 Å². The zero-order valence-electron chi connectivity index (χ0n) is 14.7. The van der Waals surface area contributed by atoms with Gasteiger partial charge in [0.15, 0.2) is 0 Å². The van der Waals surface area contributed by atoms with Gasteiger partial charge in [-0.05, 0) is 31.7 Å². The number of primary amides is 1. The maximum atomic E-state index is 12.3. The van der Waals surface area contributed by atoms with Crippen molar-refractivity contribution in [1.29, 1.82) is 0 Å². The molecule has 2 bridgehead atoms. The highest BCUT2D eigenvalue weighted by Gasteiger charge is 2.43. The molecule has 0 saturated carbocycles. The van der Waals surface area contributed by atoms with Crippen LogP contribution in [-0.4, -0.2) is 58.5 Å². The number of ether oxygens (including phenoxy) is 1. The zero-order valence-corrected chi connectivity index (χ0v) is 14.7. The number of hydrogen-bond acceptors (Lipinski definition) is 5. The van der Waals surface area contributed by atoms with Crippen LogP contribution in [-0.2, 0) is 9.53 Å². The summed E-state index contributed by atoms with van der Waals surface area (Å²) in [7, 11) is 1.55. The molecule has 2 aliphatic heterocycles. The molecule has 2 amide bonds. The van der Waals surface area contributed by atoms with Crippen LogP contribution in [0.1, 0.15) is 36.0 Å². The first-order valence-electron chi connectivity index (χ1n) is 8.91. The monoisotopic (exact) mass is 357 g/mol. The van der Waals surface area contributed by atoms with E-state index in [0.29, 0.717) is 11.2 Å². The summed E-state index contributed by atoms with van der Waals surface area (Å²) in [5.74, 6) is -0.438. The molecular weight excluding hydrogens is 334 g/mol. The maximum Gasteiger partial charge on any atom is 0.252 e. The predicted octanol–water partition coefficient (Wildman–Crippen LogP) is 1.24. The Hall–Kier alpha value is -2.61. The van der Waals surface area contributed by atoms with E-state index < -0.39 is 5.91 Å². The minimum atomic E-state index is -0.501. The number of fused-ring (bicyclic) bond motifs is 3. The van der Waals surface area contributed by atoms with Gasteiger partial charge in [-0.1, -0.05) is 0 Å². The molecule has 2 aliphatic rings. The minimum absolute atomic E-state index is 0.0632. The fraction of sp³-hybridized carbons (Fsp3) is 0.500. The fourth-order valence-electron chi connectivity index (χ4n) is 4.45. The van der Waals surface area contributed by atoms with E-state index in [9.17, 15) is 9.59 Å². The Morgan fingerprint density at radius 1 is 1.38 bits per heavy atom. The molecule has 2 saturated heterocycles. The fourth-order valence-corrected chi connectivity index (χ4v) is 4.45. The quantitative estimate of drug-likeness (QED) is 0.745. The molecule has 0 radical (unpaired) electrons. The topological polar surface area (TPSA) is 113 Å². The van der Waals surface area contributed by atoms with Crippen LogP contribution in [0, 0.1) is 0 Å². The second kappa shape index (κ2) is 6.60. The van der Waals surface area contributed by atoms with Crippen LogP contribution < -0.4 is 11.1 Å². The van der Waals surface area contributed by atoms with Gasteiger partial charge >= 0.3 is 0 Å². The smallest absolute Gasteiger partial charge is 0.252 e. The van der Waals surface area contributed by atoms with Crippen LogP contribution in [0.5, 0.6) is 0 Å². The third kappa shape index (κ3) is 2.80. The Morgan fingerprint density at radius 2 is 2.12 bits per heavy atom. The number of amides is 2. The van der Waals surface area contributed by atoms with Crippen molar-refractivity contribution in [2.75, 3.05) is 19.0 Å². The van der Waals surface area contributed by atoms with E-state index in [1.165, 1.54) is 6.20 Å². The molecular formula is C18H23N5O3. The number of piperidine rings is 1. The lowest BCUT2D eigenvalue weighted by atomic mass is 9.96. The molecule has 2 fully saturated rings. The second-order valence-corrected chi connectivity index (χ2v) is 7.08. The Labute approximate surface area is 151 Å². The number of aromatic nitrogens is 2. The van der Waals surface area contributed by atoms with Gasteiger partial charge < -0.3 is 25.7 Å². The van der Waals surface area contributed by atoms with Crippen molar-refractivity contribution in [3.63, 3.8) is 0 Å². The number of pyridine rings is 1. The SMILES string of the molecule is COCC(=O)N1[C@@H]2CC[C@H]1C[C@H](Nc1c(C(N)=O)cnc3[nH]ccc13)C2. The molecule has 3 atom stereocenters. The molecule has 4 rings (SSSR count). The first-order chi connectivity index (χ1) is 12.6. The molecule has 8 heteroatoms. The number of H-pyrrole nitrogens is 1.